The Bertz CT molecular complexity index is 835. The lowest BCUT2D eigenvalue weighted by atomic mass is 10.1. The van der Waals surface area contributed by atoms with Crippen LogP contribution >= 0.6 is 0 Å². The standard InChI is InChI=1S/C18H27F2N3O7Si/c1-4-14(24)27-9-10-28-31(5-2,6-3)29-11-12-15(25)18(19,20)16(30-12)23-8-7-13(21)22-17(23)26/h4,7-8,12,15-16,25H,1,5-6,9-11H2,2-3H3,(H2,21,22,26)/t12-,15-,16-/m1/s1. The number of hydrogen-bond acceptors (Lipinski definition) is 9. The zero-order valence-electron chi connectivity index (χ0n) is 17.3. The molecule has 0 amide bonds. The summed E-state index contributed by atoms with van der Waals surface area (Å²) in [7, 11) is -2.84. The van der Waals surface area contributed by atoms with Gasteiger partial charge in [0.05, 0.1) is 13.2 Å². The van der Waals surface area contributed by atoms with Crippen molar-refractivity contribution in [2.45, 2.75) is 50.3 Å². The highest BCUT2D eigenvalue weighted by atomic mass is 28.4. The molecule has 2 rings (SSSR count). The van der Waals surface area contributed by atoms with Crippen molar-refractivity contribution in [3.63, 3.8) is 0 Å². The van der Waals surface area contributed by atoms with E-state index in [9.17, 15) is 23.5 Å². The number of hydrogen-bond donors (Lipinski definition) is 2. The lowest BCUT2D eigenvalue weighted by Gasteiger charge is -2.30. The number of nitrogen functional groups attached to an aromatic ring is 1. The van der Waals surface area contributed by atoms with Crippen LogP contribution in [0.5, 0.6) is 0 Å². The van der Waals surface area contributed by atoms with Gasteiger partial charge in [-0.2, -0.15) is 13.8 Å². The van der Waals surface area contributed by atoms with Crippen LogP contribution in [0.1, 0.15) is 20.1 Å². The average Bonchev–Trinajstić information content (AvgIpc) is 2.97. The van der Waals surface area contributed by atoms with Crippen LogP contribution < -0.4 is 11.4 Å². The molecule has 1 aliphatic rings. The van der Waals surface area contributed by atoms with Crippen molar-refractivity contribution in [2.24, 2.45) is 0 Å². The summed E-state index contributed by atoms with van der Waals surface area (Å²) in [6.45, 7) is 6.62. The minimum absolute atomic E-state index is 0.0152. The molecular weight excluding hydrogens is 436 g/mol. The van der Waals surface area contributed by atoms with E-state index < -0.39 is 44.6 Å². The zero-order valence-corrected chi connectivity index (χ0v) is 18.3. The summed E-state index contributed by atoms with van der Waals surface area (Å²) in [5.41, 5.74) is 4.36. The molecule has 174 valence electrons. The molecule has 0 unspecified atom stereocenters. The molecule has 1 saturated heterocycles. The van der Waals surface area contributed by atoms with Crippen molar-refractivity contribution in [1.82, 2.24) is 9.55 Å². The maximum Gasteiger partial charge on any atom is 0.351 e. The van der Waals surface area contributed by atoms with Gasteiger partial charge in [-0.15, -0.1) is 0 Å². The van der Waals surface area contributed by atoms with E-state index in [-0.39, 0.29) is 25.6 Å². The van der Waals surface area contributed by atoms with Gasteiger partial charge in [0.1, 0.15) is 18.5 Å². The second kappa shape index (κ2) is 10.4. The van der Waals surface area contributed by atoms with Gasteiger partial charge in [0, 0.05) is 12.3 Å². The van der Waals surface area contributed by atoms with E-state index in [4.69, 9.17) is 24.1 Å². The first-order valence-corrected chi connectivity index (χ1v) is 12.0. The van der Waals surface area contributed by atoms with Gasteiger partial charge >= 0.3 is 26.1 Å². The van der Waals surface area contributed by atoms with E-state index in [2.05, 4.69) is 11.6 Å². The number of halogens is 2. The quantitative estimate of drug-likeness (QED) is 0.213. The number of alkyl halides is 2. The van der Waals surface area contributed by atoms with Crippen LogP contribution in [-0.4, -0.2) is 67.1 Å². The molecular formula is C18H27F2N3O7Si. The zero-order chi connectivity index (χ0) is 23.2. The molecule has 31 heavy (non-hydrogen) atoms. The lowest BCUT2D eigenvalue weighted by molar-refractivity contribution is -0.141. The molecule has 3 N–H and O–H groups in total. The van der Waals surface area contributed by atoms with Crippen molar-refractivity contribution < 1.29 is 37.0 Å². The predicted molar refractivity (Wildman–Crippen MR) is 108 cm³/mol. The minimum Gasteiger partial charge on any atom is -0.460 e. The van der Waals surface area contributed by atoms with E-state index in [1.165, 1.54) is 6.07 Å². The van der Waals surface area contributed by atoms with Crippen molar-refractivity contribution in [2.75, 3.05) is 25.6 Å². The van der Waals surface area contributed by atoms with Crippen molar-refractivity contribution in [1.29, 1.82) is 0 Å². The molecule has 0 aliphatic carbocycles. The highest BCUT2D eigenvalue weighted by molar-refractivity contribution is 6.67. The van der Waals surface area contributed by atoms with Gasteiger partial charge < -0.3 is 29.2 Å². The number of carbonyl (C=O) groups excluding carboxylic acids is 1. The number of aliphatic hydroxyl groups is 1. The molecule has 13 heteroatoms. The van der Waals surface area contributed by atoms with E-state index in [1.807, 2.05) is 13.8 Å². The molecule has 0 spiro atoms. The second-order valence-electron chi connectivity index (χ2n) is 6.84. The smallest absolute Gasteiger partial charge is 0.351 e. The van der Waals surface area contributed by atoms with Crippen LogP contribution in [0.15, 0.2) is 29.7 Å². The molecule has 1 aromatic rings. The van der Waals surface area contributed by atoms with Gasteiger partial charge in [-0.3, -0.25) is 4.57 Å². The molecule has 1 aromatic heterocycles. The van der Waals surface area contributed by atoms with Gasteiger partial charge in [0.2, 0.25) is 6.23 Å². The molecule has 0 radical (unpaired) electrons. The first kappa shape index (κ1) is 25.1. The fraction of sp³-hybridized carbons (Fsp3) is 0.611. The Morgan fingerprint density at radius 1 is 1.42 bits per heavy atom. The van der Waals surface area contributed by atoms with Crippen LogP contribution in [0.2, 0.25) is 12.1 Å². The highest BCUT2D eigenvalue weighted by Gasteiger charge is 2.60. The van der Waals surface area contributed by atoms with Gasteiger partial charge in [-0.1, -0.05) is 20.4 Å². The number of rotatable bonds is 11. The number of ether oxygens (including phenoxy) is 2. The summed E-state index contributed by atoms with van der Waals surface area (Å²) >= 11 is 0. The normalized spacial score (nSPS) is 22.9. The molecule has 3 atom stereocenters. The summed E-state index contributed by atoms with van der Waals surface area (Å²) in [5.74, 6) is -4.48. The fourth-order valence-corrected chi connectivity index (χ4v) is 5.40. The van der Waals surface area contributed by atoms with Crippen LogP contribution in [0.25, 0.3) is 0 Å². The Kier molecular flexibility index (Phi) is 8.42. The van der Waals surface area contributed by atoms with E-state index in [1.54, 1.807) is 0 Å². The third kappa shape index (κ3) is 5.74. The Hall–Kier alpha value is -2.19. The fourth-order valence-electron chi connectivity index (χ4n) is 3.07. The van der Waals surface area contributed by atoms with Gasteiger partial charge in [0.25, 0.3) is 0 Å². The third-order valence-electron chi connectivity index (χ3n) is 4.93. The predicted octanol–water partition coefficient (Wildman–Crippen LogP) is 0.963. The van der Waals surface area contributed by atoms with E-state index in [0.29, 0.717) is 16.7 Å². The highest BCUT2D eigenvalue weighted by Crippen LogP contribution is 2.42. The Morgan fingerprint density at radius 3 is 2.68 bits per heavy atom. The van der Waals surface area contributed by atoms with Crippen LogP contribution in [0, 0.1) is 0 Å². The Labute approximate surface area is 178 Å². The van der Waals surface area contributed by atoms with Crippen molar-refractivity contribution in [3.05, 3.63) is 35.4 Å². The number of esters is 1. The van der Waals surface area contributed by atoms with Crippen molar-refractivity contribution in [3.8, 4) is 0 Å². The van der Waals surface area contributed by atoms with E-state index in [0.717, 1.165) is 12.3 Å². The monoisotopic (exact) mass is 463 g/mol. The summed E-state index contributed by atoms with van der Waals surface area (Å²) in [5, 5.41) is 10.1. The SMILES string of the molecule is C=CC(=O)OCCO[Si](CC)(CC)OC[C@H]1O[C@@H](n2ccc(N)nc2=O)C(F)(F)[C@@H]1O. The average molecular weight is 464 g/mol. The summed E-state index contributed by atoms with van der Waals surface area (Å²) in [6.07, 6.45) is -3.62. The summed E-state index contributed by atoms with van der Waals surface area (Å²) < 4.78 is 51.7. The number of carbonyl (C=O) groups is 1. The number of anilines is 1. The Balaban J connectivity index is 2.05. The van der Waals surface area contributed by atoms with Gasteiger partial charge in [-0.05, 0) is 18.2 Å². The molecule has 1 aliphatic heterocycles. The molecule has 0 bridgehead atoms. The number of aromatic nitrogens is 2. The van der Waals surface area contributed by atoms with Crippen LogP contribution in [0.3, 0.4) is 0 Å². The van der Waals surface area contributed by atoms with Gasteiger partial charge in [-0.25, -0.2) is 9.59 Å². The molecule has 0 saturated carbocycles. The maximum absolute atomic E-state index is 14.6. The molecule has 2 heterocycles. The third-order valence-corrected chi connectivity index (χ3v) is 8.51. The molecule has 1 fully saturated rings. The molecule has 10 nitrogen and oxygen atoms in total. The largest absolute Gasteiger partial charge is 0.460 e. The second-order valence-corrected chi connectivity index (χ2v) is 10.7. The Morgan fingerprint density at radius 2 is 2.10 bits per heavy atom. The van der Waals surface area contributed by atoms with Crippen LogP contribution in [0.4, 0.5) is 14.6 Å². The lowest BCUT2D eigenvalue weighted by Crippen LogP contribution is -2.46. The topological polar surface area (TPSA) is 135 Å². The minimum atomic E-state index is -3.77. The number of nitrogens with two attached hydrogens (primary N) is 1. The maximum atomic E-state index is 14.6. The number of nitrogens with zero attached hydrogens (tertiary/aromatic N) is 2. The number of aliphatic hydroxyl groups excluding tert-OH is 1. The molecule has 0 aromatic carbocycles. The summed E-state index contributed by atoms with van der Waals surface area (Å²) in [6, 6.07) is 2.15. The first-order chi connectivity index (χ1) is 14.6. The van der Waals surface area contributed by atoms with Gasteiger partial charge in [0.15, 0.2) is 6.10 Å². The first-order valence-electron chi connectivity index (χ1n) is 9.73. The van der Waals surface area contributed by atoms with E-state index >= 15 is 0 Å². The van der Waals surface area contributed by atoms with Crippen LogP contribution in [-0.2, 0) is 23.1 Å². The summed E-state index contributed by atoms with van der Waals surface area (Å²) in [4.78, 5) is 26.5. The van der Waals surface area contributed by atoms with Crippen molar-refractivity contribution >= 4 is 20.3 Å².